The minimum atomic E-state index is -0.00569. The molecule has 1 saturated heterocycles. The number of carbonyl (C=O) groups excluding carboxylic acids is 1. The van der Waals surface area contributed by atoms with Crippen molar-refractivity contribution in [1.82, 2.24) is 10.2 Å². The number of hydrogen-bond donors (Lipinski definition) is 1. The maximum Gasteiger partial charge on any atom is 0.223 e. The summed E-state index contributed by atoms with van der Waals surface area (Å²) >= 11 is 0. The Labute approximate surface area is 86.9 Å². The summed E-state index contributed by atoms with van der Waals surface area (Å²) in [7, 11) is 1.94. The third-order valence-electron chi connectivity index (χ3n) is 3.28. The number of nitrogens with zero attached hydrogens (tertiary/aromatic N) is 1. The molecule has 3 nitrogen and oxygen atoms in total. The Morgan fingerprint density at radius 2 is 2.14 bits per heavy atom. The topological polar surface area (TPSA) is 32.3 Å². The van der Waals surface area contributed by atoms with Crippen LogP contribution in [0.15, 0.2) is 0 Å². The number of nitrogens with one attached hydrogen (secondary N) is 1. The summed E-state index contributed by atoms with van der Waals surface area (Å²) in [6, 6.07) is 0.305. The van der Waals surface area contributed by atoms with Crippen molar-refractivity contribution in [2.75, 3.05) is 13.6 Å². The lowest BCUT2D eigenvalue weighted by molar-refractivity contribution is -0.132. The van der Waals surface area contributed by atoms with E-state index in [1.807, 2.05) is 11.9 Å². The van der Waals surface area contributed by atoms with Crippen molar-refractivity contribution >= 4 is 5.91 Å². The first-order valence-electron chi connectivity index (χ1n) is 5.38. The van der Waals surface area contributed by atoms with Crippen LogP contribution in [0, 0.1) is 5.92 Å². The third-order valence-corrected chi connectivity index (χ3v) is 3.28. The van der Waals surface area contributed by atoms with Crippen molar-refractivity contribution in [2.45, 2.75) is 45.7 Å². The highest BCUT2D eigenvalue weighted by atomic mass is 16.2. The van der Waals surface area contributed by atoms with E-state index < -0.39 is 0 Å². The first-order chi connectivity index (χ1) is 6.41. The fraction of sp³-hybridized carbons (Fsp3) is 0.909. The molecular weight excluding hydrogens is 176 g/mol. The van der Waals surface area contributed by atoms with Gasteiger partial charge in [-0.1, -0.05) is 0 Å². The fourth-order valence-electron chi connectivity index (χ4n) is 2.60. The van der Waals surface area contributed by atoms with Crippen LogP contribution >= 0.6 is 0 Å². The molecule has 0 bridgehead atoms. The van der Waals surface area contributed by atoms with Crippen molar-refractivity contribution in [2.24, 2.45) is 5.92 Å². The van der Waals surface area contributed by atoms with Gasteiger partial charge in [0, 0.05) is 30.5 Å². The van der Waals surface area contributed by atoms with E-state index in [0.29, 0.717) is 24.3 Å². The van der Waals surface area contributed by atoms with Gasteiger partial charge in [-0.15, -0.1) is 0 Å². The van der Waals surface area contributed by atoms with Gasteiger partial charge in [0.2, 0.25) is 5.91 Å². The molecule has 1 heterocycles. The van der Waals surface area contributed by atoms with Crippen molar-refractivity contribution in [1.29, 1.82) is 0 Å². The number of rotatable bonds is 3. The van der Waals surface area contributed by atoms with Crippen molar-refractivity contribution in [3.05, 3.63) is 0 Å². The van der Waals surface area contributed by atoms with E-state index in [1.54, 1.807) is 0 Å². The predicted molar refractivity (Wildman–Crippen MR) is 58.1 cm³/mol. The smallest absolute Gasteiger partial charge is 0.223 e. The molecule has 1 fully saturated rings. The number of likely N-dealkylation sites (tertiary alicyclic amines) is 1. The van der Waals surface area contributed by atoms with E-state index in [0.717, 1.165) is 6.54 Å². The van der Waals surface area contributed by atoms with Crippen LogP contribution in [0.25, 0.3) is 0 Å². The van der Waals surface area contributed by atoms with E-state index in [1.165, 1.54) is 0 Å². The van der Waals surface area contributed by atoms with Gasteiger partial charge in [0.05, 0.1) is 0 Å². The van der Waals surface area contributed by atoms with Gasteiger partial charge < -0.3 is 10.2 Å². The molecule has 0 spiro atoms. The van der Waals surface area contributed by atoms with Crippen molar-refractivity contribution in [3.8, 4) is 0 Å². The first-order valence-corrected chi connectivity index (χ1v) is 5.38. The van der Waals surface area contributed by atoms with Gasteiger partial charge >= 0.3 is 0 Å². The minimum absolute atomic E-state index is 0.00569. The number of amides is 1. The van der Waals surface area contributed by atoms with Gasteiger partial charge in [0.15, 0.2) is 0 Å². The molecule has 1 aliphatic rings. The summed E-state index contributed by atoms with van der Waals surface area (Å²) in [6.45, 7) is 9.42. The highest BCUT2D eigenvalue weighted by molar-refractivity contribution is 5.80. The number of carbonyl (C=O) groups is 1. The zero-order valence-corrected chi connectivity index (χ0v) is 9.92. The fourth-order valence-corrected chi connectivity index (χ4v) is 2.60. The second-order valence-electron chi connectivity index (χ2n) is 4.97. The Bertz CT molecular complexity index is 223. The van der Waals surface area contributed by atoms with Crippen LogP contribution in [0.5, 0.6) is 0 Å². The lowest BCUT2D eigenvalue weighted by Gasteiger charge is -2.38. The van der Waals surface area contributed by atoms with Gasteiger partial charge in [0.25, 0.3) is 0 Å². The molecule has 0 saturated carbocycles. The second-order valence-corrected chi connectivity index (χ2v) is 4.97. The van der Waals surface area contributed by atoms with Crippen LogP contribution in [-0.4, -0.2) is 36.0 Å². The van der Waals surface area contributed by atoms with Crippen molar-refractivity contribution < 1.29 is 4.79 Å². The van der Waals surface area contributed by atoms with Gasteiger partial charge in [0.1, 0.15) is 0 Å². The number of hydrogen-bond acceptors (Lipinski definition) is 2. The minimum Gasteiger partial charge on any atom is -0.335 e. The van der Waals surface area contributed by atoms with E-state index >= 15 is 0 Å². The monoisotopic (exact) mass is 198 g/mol. The van der Waals surface area contributed by atoms with Crippen LogP contribution in [0.2, 0.25) is 0 Å². The molecule has 0 aliphatic carbocycles. The van der Waals surface area contributed by atoms with Gasteiger partial charge in [-0.25, -0.2) is 0 Å². The molecule has 0 radical (unpaired) electrons. The Balaban J connectivity index is 2.84. The maximum absolute atomic E-state index is 11.8. The zero-order chi connectivity index (χ0) is 10.9. The summed E-state index contributed by atoms with van der Waals surface area (Å²) in [5.74, 6) is 0.729. The zero-order valence-electron chi connectivity index (χ0n) is 9.92. The molecule has 14 heavy (non-hydrogen) atoms. The Kier molecular flexibility index (Phi) is 3.20. The summed E-state index contributed by atoms with van der Waals surface area (Å²) in [4.78, 5) is 13.8. The van der Waals surface area contributed by atoms with Crippen LogP contribution in [0.3, 0.4) is 0 Å². The van der Waals surface area contributed by atoms with E-state index in [2.05, 4.69) is 33.0 Å². The van der Waals surface area contributed by atoms with Crippen LogP contribution in [-0.2, 0) is 4.79 Å². The van der Waals surface area contributed by atoms with Gasteiger partial charge in [-0.2, -0.15) is 0 Å². The molecule has 1 rings (SSSR count). The third kappa shape index (κ3) is 1.78. The highest BCUT2D eigenvalue weighted by Crippen LogP contribution is 2.36. The van der Waals surface area contributed by atoms with Crippen LogP contribution in [0.4, 0.5) is 0 Å². The lowest BCUT2D eigenvalue weighted by atomic mass is 9.88. The largest absolute Gasteiger partial charge is 0.335 e. The normalized spacial score (nSPS) is 26.3. The van der Waals surface area contributed by atoms with E-state index in [4.69, 9.17) is 0 Å². The average molecular weight is 198 g/mol. The second kappa shape index (κ2) is 3.89. The molecular formula is C11H22N2O. The molecule has 1 amide bonds. The molecule has 1 atom stereocenters. The molecule has 1 aliphatic heterocycles. The molecule has 3 heteroatoms. The first kappa shape index (κ1) is 11.5. The molecule has 82 valence electrons. The quantitative estimate of drug-likeness (QED) is 0.740. The van der Waals surface area contributed by atoms with Gasteiger partial charge in [-0.05, 0) is 34.7 Å². The van der Waals surface area contributed by atoms with Crippen LogP contribution in [0.1, 0.15) is 34.1 Å². The maximum atomic E-state index is 11.8. The molecule has 0 aromatic carbocycles. The van der Waals surface area contributed by atoms with E-state index in [-0.39, 0.29) is 5.54 Å². The summed E-state index contributed by atoms with van der Waals surface area (Å²) < 4.78 is 0. The Hall–Kier alpha value is -0.570. The predicted octanol–water partition coefficient (Wildman–Crippen LogP) is 1.24. The Morgan fingerprint density at radius 3 is 2.50 bits per heavy atom. The SMILES string of the molecule is CNCC1CC(=O)N(C(C)C)C1(C)C. The van der Waals surface area contributed by atoms with Gasteiger partial charge in [-0.3, -0.25) is 4.79 Å². The standard InChI is InChI=1S/C11H22N2O/c1-8(2)13-10(14)6-9(7-12-5)11(13,3)4/h8-9,12H,6-7H2,1-5H3. The van der Waals surface area contributed by atoms with Crippen LogP contribution < -0.4 is 5.32 Å². The lowest BCUT2D eigenvalue weighted by Crippen LogP contribution is -2.49. The highest BCUT2D eigenvalue weighted by Gasteiger charge is 2.46. The summed E-state index contributed by atoms with van der Waals surface area (Å²) in [5, 5.41) is 3.17. The molecule has 1 N–H and O–H groups in total. The molecule has 1 unspecified atom stereocenters. The average Bonchev–Trinajstić information content (AvgIpc) is 2.22. The molecule has 0 aromatic rings. The summed E-state index contributed by atoms with van der Waals surface area (Å²) in [5.41, 5.74) is -0.00569. The van der Waals surface area contributed by atoms with E-state index in [9.17, 15) is 4.79 Å². The summed E-state index contributed by atoms with van der Waals surface area (Å²) in [6.07, 6.45) is 0.687. The van der Waals surface area contributed by atoms with Crippen molar-refractivity contribution in [3.63, 3.8) is 0 Å². The Morgan fingerprint density at radius 1 is 1.57 bits per heavy atom. The molecule has 0 aromatic heterocycles.